The van der Waals surface area contributed by atoms with Crippen LogP contribution in [0.4, 0.5) is 0 Å². The van der Waals surface area contributed by atoms with Gasteiger partial charge < -0.3 is 15.2 Å². The molecule has 14 heavy (non-hydrogen) atoms. The van der Waals surface area contributed by atoms with Crippen molar-refractivity contribution in [3.05, 3.63) is 0 Å². The van der Waals surface area contributed by atoms with Crippen LogP contribution in [0, 0.1) is 5.92 Å². The van der Waals surface area contributed by atoms with Crippen molar-refractivity contribution < 1.29 is 19.4 Å². The molecule has 0 aliphatic heterocycles. The Morgan fingerprint density at radius 3 is 2.64 bits per heavy atom. The van der Waals surface area contributed by atoms with Gasteiger partial charge >= 0.3 is 5.97 Å². The number of carboxylic acid groups (broad SMARTS) is 1. The number of aliphatic carboxylic acids is 1. The standard InChI is InChI=1S/C9H15NO4/c1-2-14-5-7(11)10-8(9(12)13)6-3-4-6/h6,8H,2-5H2,1H3,(H,10,11)(H,12,13). The highest BCUT2D eigenvalue weighted by atomic mass is 16.5. The van der Waals surface area contributed by atoms with Crippen molar-refractivity contribution in [3.8, 4) is 0 Å². The van der Waals surface area contributed by atoms with E-state index in [4.69, 9.17) is 9.84 Å². The predicted octanol–water partition coefficient (Wildman–Crippen LogP) is 0.00230. The van der Waals surface area contributed by atoms with Crippen LogP contribution in [-0.4, -0.2) is 36.2 Å². The SMILES string of the molecule is CCOCC(=O)NC(C(=O)O)C1CC1. The van der Waals surface area contributed by atoms with Crippen molar-refractivity contribution in [2.75, 3.05) is 13.2 Å². The summed E-state index contributed by atoms with van der Waals surface area (Å²) < 4.78 is 4.87. The molecule has 5 heteroatoms. The first-order valence-corrected chi connectivity index (χ1v) is 4.75. The van der Waals surface area contributed by atoms with Crippen molar-refractivity contribution in [2.24, 2.45) is 5.92 Å². The monoisotopic (exact) mass is 201 g/mol. The number of ether oxygens (including phenoxy) is 1. The van der Waals surface area contributed by atoms with Gasteiger partial charge in [0, 0.05) is 6.61 Å². The molecular formula is C9H15NO4. The maximum Gasteiger partial charge on any atom is 0.326 e. The molecule has 0 bridgehead atoms. The Morgan fingerprint density at radius 2 is 2.21 bits per heavy atom. The second kappa shape index (κ2) is 4.95. The van der Waals surface area contributed by atoms with E-state index in [-0.39, 0.29) is 18.4 Å². The Morgan fingerprint density at radius 1 is 1.57 bits per heavy atom. The Kier molecular flexibility index (Phi) is 3.88. The molecule has 0 spiro atoms. The molecular weight excluding hydrogens is 186 g/mol. The lowest BCUT2D eigenvalue weighted by Gasteiger charge is -2.13. The number of carbonyl (C=O) groups excluding carboxylic acids is 1. The first kappa shape index (κ1) is 11.0. The molecule has 80 valence electrons. The number of rotatable bonds is 6. The van der Waals surface area contributed by atoms with E-state index in [1.165, 1.54) is 0 Å². The van der Waals surface area contributed by atoms with Crippen LogP contribution in [0.3, 0.4) is 0 Å². The van der Waals surface area contributed by atoms with Gasteiger partial charge in [0.05, 0.1) is 0 Å². The van der Waals surface area contributed by atoms with Gasteiger partial charge in [0.15, 0.2) is 0 Å². The summed E-state index contributed by atoms with van der Waals surface area (Å²) in [6, 6.07) is -0.733. The highest BCUT2D eigenvalue weighted by Crippen LogP contribution is 2.32. The van der Waals surface area contributed by atoms with Gasteiger partial charge in [-0.2, -0.15) is 0 Å². The van der Waals surface area contributed by atoms with E-state index >= 15 is 0 Å². The molecule has 1 rings (SSSR count). The Bertz CT molecular complexity index is 225. The quantitative estimate of drug-likeness (QED) is 0.634. The lowest BCUT2D eigenvalue weighted by molar-refractivity contribution is -0.143. The minimum Gasteiger partial charge on any atom is -0.480 e. The van der Waals surface area contributed by atoms with Crippen LogP contribution in [0.2, 0.25) is 0 Å². The average molecular weight is 201 g/mol. The largest absolute Gasteiger partial charge is 0.480 e. The Hall–Kier alpha value is -1.10. The summed E-state index contributed by atoms with van der Waals surface area (Å²) in [6.45, 7) is 2.17. The third-order valence-electron chi connectivity index (χ3n) is 2.11. The van der Waals surface area contributed by atoms with Gasteiger partial charge in [0.25, 0.3) is 0 Å². The maximum absolute atomic E-state index is 11.1. The summed E-state index contributed by atoms with van der Waals surface area (Å²) in [5.41, 5.74) is 0. The summed E-state index contributed by atoms with van der Waals surface area (Å²) in [7, 11) is 0. The van der Waals surface area contributed by atoms with Crippen LogP contribution in [-0.2, 0) is 14.3 Å². The molecule has 5 nitrogen and oxygen atoms in total. The fraction of sp³-hybridized carbons (Fsp3) is 0.778. The molecule has 1 saturated carbocycles. The molecule has 1 unspecified atom stereocenters. The van der Waals surface area contributed by atoms with Crippen molar-refractivity contribution in [1.82, 2.24) is 5.32 Å². The number of hydrogen-bond donors (Lipinski definition) is 2. The zero-order chi connectivity index (χ0) is 10.6. The molecule has 0 heterocycles. The zero-order valence-electron chi connectivity index (χ0n) is 8.16. The molecule has 0 aromatic rings. The third-order valence-corrected chi connectivity index (χ3v) is 2.11. The minimum atomic E-state index is -0.961. The second-order valence-electron chi connectivity index (χ2n) is 3.36. The van der Waals surface area contributed by atoms with Crippen molar-refractivity contribution >= 4 is 11.9 Å². The van der Waals surface area contributed by atoms with Crippen LogP contribution < -0.4 is 5.32 Å². The Balaban J connectivity index is 2.31. The molecule has 0 saturated heterocycles. The smallest absolute Gasteiger partial charge is 0.326 e. The van der Waals surface area contributed by atoms with Gasteiger partial charge in [-0.1, -0.05) is 0 Å². The van der Waals surface area contributed by atoms with Crippen LogP contribution in [0.1, 0.15) is 19.8 Å². The van der Waals surface area contributed by atoms with E-state index in [1.807, 2.05) is 0 Å². The molecule has 1 atom stereocenters. The Labute approximate surface area is 82.4 Å². The summed E-state index contributed by atoms with van der Waals surface area (Å²) >= 11 is 0. The topological polar surface area (TPSA) is 75.6 Å². The number of carbonyl (C=O) groups is 2. The highest BCUT2D eigenvalue weighted by molar-refractivity contribution is 5.84. The van der Waals surface area contributed by atoms with Crippen molar-refractivity contribution in [2.45, 2.75) is 25.8 Å². The maximum atomic E-state index is 11.1. The lowest BCUT2D eigenvalue weighted by atomic mass is 10.2. The van der Waals surface area contributed by atoms with E-state index in [0.29, 0.717) is 6.61 Å². The molecule has 2 N–H and O–H groups in total. The van der Waals surface area contributed by atoms with E-state index in [0.717, 1.165) is 12.8 Å². The van der Waals surface area contributed by atoms with E-state index in [1.54, 1.807) is 6.92 Å². The fourth-order valence-electron chi connectivity index (χ4n) is 1.22. The van der Waals surface area contributed by atoms with Crippen LogP contribution in [0.25, 0.3) is 0 Å². The van der Waals surface area contributed by atoms with Gasteiger partial charge in [-0.3, -0.25) is 4.79 Å². The predicted molar refractivity (Wildman–Crippen MR) is 48.8 cm³/mol. The second-order valence-corrected chi connectivity index (χ2v) is 3.36. The number of amides is 1. The molecule has 1 fully saturated rings. The number of carboxylic acids is 1. The number of hydrogen-bond acceptors (Lipinski definition) is 3. The van der Waals surface area contributed by atoms with Crippen molar-refractivity contribution in [1.29, 1.82) is 0 Å². The van der Waals surface area contributed by atoms with Gasteiger partial charge in [0.2, 0.25) is 5.91 Å². The van der Waals surface area contributed by atoms with Gasteiger partial charge in [-0.05, 0) is 25.7 Å². The van der Waals surface area contributed by atoms with Crippen LogP contribution in [0.15, 0.2) is 0 Å². The van der Waals surface area contributed by atoms with Gasteiger partial charge in [-0.15, -0.1) is 0 Å². The molecule has 1 aliphatic rings. The van der Waals surface area contributed by atoms with Crippen LogP contribution >= 0.6 is 0 Å². The summed E-state index contributed by atoms with van der Waals surface area (Å²) in [5.74, 6) is -1.21. The first-order chi connectivity index (χ1) is 6.65. The lowest BCUT2D eigenvalue weighted by Crippen LogP contribution is -2.43. The van der Waals surface area contributed by atoms with E-state index in [9.17, 15) is 9.59 Å². The van der Waals surface area contributed by atoms with Crippen LogP contribution in [0.5, 0.6) is 0 Å². The van der Waals surface area contributed by atoms with E-state index < -0.39 is 12.0 Å². The van der Waals surface area contributed by atoms with Gasteiger partial charge in [-0.25, -0.2) is 4.79 Å². The summed E-state index contributed by atoms with van der Waals surface area (Å²) in [5, 5.41) is 11.3. The van der Waals surface area contributed by atoms with E-state index in [2.05, 4.69) is 5.32 Å². The van der Waals surface area contributed by atoms with Gasteiger partial charge in [0.1, 0.15) is 12.6 Å². The van der Waals surface area contributed by atoms with Crippen molar-refractivity contribution in [3.63, 3.8) is 0 Å². The molecule has 1 aliphatic carbocycles. The summed E-state index contributed by atoms with van der Waals surface area (Å²) in [6.07, 6.45) is 1.76. The zero-order valence-corrected chi connectivity index (χ0v) is 8.16. The minimum absolute atomic E-state index is 0.0625. The highest BCUT2D eigenvalue weighted by Gasteiger charge is 2.37. The number of nitrogens with one attached hydrogen (secondary N) is 1. The normalized spacial score (nSPS) is 17.5. The third kappa shape index (κ3) is 3.33. The molecule has 0 aromatic heterocycles. The summed E-state index contributed by atoms with van der Waals surface area (Å²) in [4.78, 5) is 21.9. The molecule has 0 radical (unpaired) electrons. The average Bonchev–Trinajstić information content (AvgIpc) is 2.93. The first-order valence-electron chi connectivity index (χ1n) is 4.75. The molecule has 0 aromatic carbocycles. The molecule has 1 amide bonds. The fourth-order valence-corrected chi connectivity index (χ4v) is 1.22.